The van der Waals surface area contributed by atoms with E-state index >= 15 is 4.39 Å². The second-order valence-electron chi connectivity index (χ2n) is 11.4. The van der Waals surface area contributed by atoms with E-state index in [9.17, 15) is 14.7 Å². The molecule has 3 fully saturated rings. The second kappa shape index (κ2) is 14.1. The molecule has 0 saturated carbocycles. The van der Waals surface area contributed by atoms with Gasteiger partial charge in [-0.1, -0.05) is 29.8 Å². The first-order valence-corrected chi connectivity index (χ1v) is 15.1. The van der Waals surface area contributed by atoms with Crippen molar-refractivity contribution in [1.29, 1.82) is 0 Å². The number of amides is 2. The Morgan fingerprint density at radius 1 is 1.07 bits per heavy atom. The highest BCUT2D eigenvalue weighted by Gasteiger charge is 2.40. The fourth-order valence-electron chi connectivity index (χ4n) is 6.49. The Kier molecular flexibility index (Phi) is 10.3. The molecular weight excluding hydrogens is 565 g/mol. The van der Waals surface area contributed by atoms with E-state index in [0.717, 1.165) is 24.9 Å². The standard InChI is InChI=1S/C31H39ClFN3O6/c32-22-6-4-20(5-7-22)27(21-10-14-40-15-11-21)28(36-30(38)39)29(37)35-26-3-1-2-25(33)24(26)9-8-23-18-34-19-31(42-23)12-16-41-17-13-31/h1-7,21,23,27-28,34,36H,8-19H2,(H,35,37)(H,38,39)/t23-,27?,28?/m1/s1. The highest BCUT2D eigenvalue weighted by Crippen LogP contribution is 2.37. The lowest BCUT2D eigenvalue weighted by Gasteiger charge is -2.44. The van der Waals surface area contributed by atoms with Crippen LogP contribution in [0.3, 0.4) is 0 Å². The first-order chi connectivity index (χ1) is 20.3. The van der Waals surface area contributed by atoms with E-state index in [-0.39, 0.29) is 17.6 Å². The molecule has 3 aliphatic rings. The molecule has 4 N–H and O–H groups in total. The van der Waals surface area contributed by atoms with Crippen LogP contribution < -0.4 is 16.0 Å². The number of nitrogens with one attached hydrogen (secondary N) is 3. The van der Waals surface area contributed by atoms with Crippen LogP contribution in [0, 0.1) is 11.7 Å². The molecule has 0 bridgehead atoms. The molecule has 0 aromatic heterocycles. The Bertz CT molecular complexity index is 1210. The average Bonchev–Trinajstić information content (AvgIpc) is 2.98. The summed E-state index contributed by atoms with van der Waals surface area (Å²) >= 11 is 6.13. The number of ether oxygens (including phenoxy) is 3. The van der Waals surface area contributed by atoms with Crippen molar-refractivity contribution in [3.8, 4) is 0 Å². The van der Waals surface area contributed by atoms with Crippen molar-refractivity contribution >= 4 is 29.3 Å². The normalized spacial score (nSPS) is 22.3. The predicted molar refractivity (Wildman–Crippen MR) is 157 cm³/mol. The summed E-state index contributed by atoms with van der Waals surface area (Å²) in [6.07, 6.45) is 2.47. The molecule has 2 unspecified atom stereocenters. The molecule has 2 aromatic carbocycles. The minimum absolute atomic E-state index is 0.0111. The van der Waals surface area contributed by atoms with E-state index < -0.39 is 29.8 Å². The molecule has 3 saturated heterocycles. The van der Waals surface area contributed by atoms with Gasteiger partial charge in [-0.3, -0.25) is 4.79 Å². The predicted octanol–water partition coefficient (Wildman–Crippen LogP) is 4.73. The summed E-state index contributed by atoms with van der Waals surface area (Å²) in [6, 6.07) is 10.6. The Hall–Kier alpha value is -2.76. The van der Waals surface area contributed by atoms with Gasteiger partial charge in [0.2, 0.25) is 5.91 Å². The zero-order chi connectivity index (χ0) is 29.5. The number of anilines is 1. The van der Waals surface area contributed by atoms with Crippen LogP contribution in [0.15, 0.2) is 42.5 Å². The van der Waals surface area contributed by atoms with Gasteiger partial charge in [0.1, 0.15) is 11.9 Å². The summed E-state index contributed by atoms with van der Waals surface area (Å²) in [6.45, 7) is 3.81. The molecule has 9 nitrogen and oxygen atoms in total. The van der Waals surface area contributed by atoms with Crippen molar-refractivity contribution in [3.05, 3.63) is 64.4 Å². The van der Waals surface area contributed by atoms with Gasteiger partial charge in [-0.2, -0.15) is 0 Å². The minimum Gasteiger partial charge on any atom is -0.465 e. The van der Waals surface area contributed by atoms with Gasteiger partial charge in [0.05, 0.1) is 11.7 Å². The quantitative estimate of drug-likeness (QED) is 0.327. The Morgan fingerprint density at radius 2 is 1.79 bits per heavy atom. The van der Waals surface area contributed by atoms with Crippen LogP contribution in [-0.2, 0) is 25.4 Å². The van der Waals surface area contributed by atoms with Gasteiger partial charge in [-0.25, -0.2) is 9.18 Å². The molecule has 42 heavy (non-hydrogen) atoms. The van der Waals surface area contributed by atoms with E-state index in [1.165, 1.54) is 6.07 Å². The lowest BCUT2D eigenvalue weighted by molar-refractivity contribution is -0.160. The van der Waals surface area contributed by atoms with E-state index in [1.807, 2.05) is 12.1 Å². The van der Waals surface area contributed by atoms with Gasteiger partial charge in [0.15, 0.2) is 0 Å². The third-order valence-corrected chi connectivity index (χ3v) is 8.93. The summed E-state index contributed by atoms with van der Waals surface area (Å²) < 4.78 is 32.7. The lowest BCUT2D eigenvalue weighted by Crippen LogP contribution is -2.56. The molecule has 1 spiro atoms. The number of carbonyl (C=O) groups excluding carboxylic acids is 1. The summed E-state index contributed by atoms with van der Waals surface area (Å²) in [5, 5.41) is 19.1. The van der Waals surface area contributed by atoms with Crippen molar-refractivity contribution in [3.63, 3.8) is 0 Å². The summed E-state index contributed by atoms with van der Waals surface area (Å²) in [5.41, 5.74) is 1.22. The maximum atomic E-state index is 15.2. The minimum atomic E-state index is -1.32. The van der Waals surface area contributed by atoms with Crippen molar-refractivity contribution in [2.75, 3.05) is 44.8 Å². The SMILES string of the molecule is O=C(O)NC(C(=O)Nc1cccc(F)c1CC[C@@H]1CNCC2(CCOCC2)O1)C(c1ccc(Cl)cc1)C1CCOCC1. The number of carbonyl (C=O) groups is 2. The molecule has 228 valence electrons. The highest BCUT2D eigenvalue weighted by atomic mass is 35.5. The van der Waals surface area contributed by atoms with Gasteiger partial charge in [-0.15, -0.1) is 0 Å². The molecule has 0 radical (unpaired) electrons. The van der Waals surface area contributed by atoms with Crippen molar-refractivity contribution in [2.45, 2.75) is 62.2 Å². The molecular formula is C31H39ClFN3O6. The maximum absolute atomic E-state index is 15.2. The van der Waals surface area contributed by atoms with Crippen LogP contribution in [0.4, 0.5) is 14.9 Å². The first-order valence-electron chi connectivity index (χ1n) is 14.7. The largest absolute Gasteiger partial charge is 0.465 e. The summed E-state index contributed by atoms with van der Waals surface area (Å²) in [7, 11) is 0. The number of carboxylic acid groups (broad SMARTS) is 1. The van der Waals surface area contributed by atoms with Crippen LogP contribution in [-0.4, -0.2) is 74.4 Å². The van der Waals surface area contributed by atoms with Crippen molar-refractivity contribution < 1.29 is 33.3 Å². The van der Waals surface area contributed by atoms with E-state index in [0.29, 0.717) is 74.9 Å². The van der Waals surface area contributed by atoms with Crippen LogP contribution in [0.1, 0.15) is 49.1 Å². The molecule has 2 aromatic rings. The van der Waals surface area contributed by atoms with Crippen LogP contribution in [0.25, 0.3) is 0 Å². The molecule has 0 aliphatic carbocycles. The third kappa shape index (κ3) is 7.60. The monoisotopic (exact) mass is 603 g/mol. The van der Waals surface area contributed by atoms with Crippen LogP contribution in [0.2, 0.25) is 5.02 Å². The van der Waals surface area contributed by atoms with Crippen LogP contribution >= 0.6 is 11.6 Å². The van der Waals surface area contributed by atoms with Gasteiger partial charge in [-0.05, 0) is 61.4 Å². The Balaban J connectivity index is 1.35. The highest BCUT2D eigenvalue weighted by molar-refractivity contribution is 6.30. The smallest absolute Gasteiger partial charge is 0.405 e. The Morgan fingerprint density at radius 3 is 2.50 bits per heavy atom. The van der Waals surface area contributed by atoms with Gasteiger partial charge in [0.25, 0.3) is 0 Å². The van der Waals surface area contributed by atoms with Crippen molar-refractivity contribution in [1.82, 2.24) is 10.6 Å². The van der Waals surface area contributed by atoms with Gasteiger partial charge >= 0.3 is 6.09 Å². The number of rotatable bonds is 9. The fraction of sp³-hybridized carbons (Fsp3) is 0.548. The van der Waals surface area contributed by atoms with E-state index in [1.54, 1.807) is 24.3 Å². The zero-order valence-electron chi connectivity index (χ0n) is 23.6. The van der Waals surface area contributed by atoms with Crippen LogP contribution in [0.5, 0.6) is 0 Å². The number of hydrogen-bond acceptors (Lipinski definition) is 6. The second-order valence-corrected chi connectivity index (χ2v) is 11.9. The number of morpholine rings is 1. The average molecular weight is 604 g/mol. The fourth-order valence-corrected chi connectivity index (χ4v) is 6.62. The molecule has 11 heteroatoms. The molecule has 3 atom stereocenters. The van der Waals surface area contributed by atoms with Gasteiger partial charge < -0.3 is 35.3 Å². The van der Waals surface area contributed by atoms with Crippen molar-refractivity contribution in [2.24, 2.45) is 5.92 Å². The topological polar surface area (TPSA) is 118 Å². The molecule has 3 aliphatic heterocycles. The zero-order valence-corrected chi connectivity index (χ0v) is 24.3. The number of halogens is 2. The molecule has 2 amide bonds. The number of hydrogen-bond donors (Lipinski definition) is 4. The molecule has 3 heterocycles. The first kappa shape index (κ1) is 30.7. The Labute approximate surface area is 250 Å². The van der Waals surface area contributed by atoms with Gasteiger partial charge in [0, 0.05) is 74.6 Å². The van der Waals surface area contributed by atoms with E-state index in [4.69, 9.17) is 25.8 Å². The summed E-state index contributed by atoms with van der Waals surface area (Å²) in [5.74, 6) is -1.47. The summed E-state index contributed by atoms with van der Waals surface area (Å²) in [4.78, 5) is 25.8. The number of benzene rings is 2. The third-order valence-electron chi connectivity index (χ3n) is 8.68. The lowest BCUT2D eigenvalue weighted by atomic mass is 9.76. The molecule has 5 rings (SSSR count). The maximum Gasteiger partial charge on any atom is 0.405 e. The van der Waals surface area contributed by atoms with E-state index in [2.05, 4.69) is 16.0 Å².